The minimum absolute atomic E-state index is 0.140. The first-order valence-electron chi connectivity index (χ1n) is 4.69. The van der Waals surface area contributed by atoms with Gasteiger partial charge in [0.25, 0.3) is 0 Å². The van der Waals surface area contributed by atoms with Crippen LogP contribution in [-0.2, 0) is 16.0 Å². The summed E-state index contributed by atoms with van der Waals surface area (Å²) < 4.78 is 60.5. The molecule has 1 saturated carbocycles. The van der Waals surface area contributed by atoms with Gasteiger partial charge in [-0.3, -0.25) is 0 Å². The lowest BCUT2D eigenvalue weighted by Crippen LogP contribution is -2.12. The van der Waals surface area contributed by atoms with Crippen molar-refractivity contribution in [2.24, 2.45) is 0 Å². The van der Waals surface area contributed by atoms with Crippen molar-refractivity contribution in [3.05, 3.63) is 22.3 Å². The highest BCUT2D eigenvalue weighted by Crippen LogP contribution is 2.37. The number of rotatable bonds is 2. The van der Waals surface area contributed by atoms with E-state index in [1.165, 1.54) is 0 Å². The molecule has 1 aromatic heterocycles. The van der Waals surface area contributed by atoms with Crippen molar-refractivity contribution in [3.63, 3.8) is 0 Å². The second-order valence-corrected chi connectivity index (χ2v) is 6.75. The Morgan fingerprint density at radius 1 is 1.35 bits per heavy atom. The number of nitrogens with zero attached hydrogens (tertiary/aromatic N) is 1. The summed E-state index contributed by atoms with van der Waals surface area (Å²) in [7, 11) is -3.58. The quantitative estimate of drug-likeness (QED) is 0.838. The maximum absolute atomic E-state index is 12.4. The van der Waals surface area contributed by atoms with E-state index in [1.54, 1.807) is 0 Å². The molecule has 1 aromatic rings. The van der Waals surface area contributed by atoms with Crippen molar-refractivity contribution in [3.8, 4) is 0 Å². The van der Waals surface area contributed by atoms with Crippen molar-refractivity contribution >= 4 is 25.8 Å². The third-order valence-electron chi connectivity index (χ3n) is 2.37. The van der Waals surface area contributed by atoms with Crippen molar-refractivity contribution in [2.45, 2.75) is 29.3 Å². The molecular weight excluding hydrogens is 323 g/mol. The molecule has 94 valence electrons. The molecule has 0 aliphatic heterocycles. The van der Waals surface area contributed by atoms with Crippen LogP contribution in [0, 0.1) is 0 Å². The number of hydrogen-bond acceptors (Lipinski definition) is 3. The van der Waals surface area contributed by atoms with Gasteiger partial charge in [-0.25, -0.2) is 13.4 Å². The van der Waals surface area contributed by atoms with Gasteiger partial charge >= 0.3 is 6.18 Å². The van der Waals surface area contributed by atoms with Gasteiger partial charge in [0.2, 0.25) is 0 Å². The molecule has 0 unspecified atom stereocenters. The predicted molar refractivity (Wildman–Crippen MR) is 57.1 cm³/mol. The molecule has 8 heteroatoms. The Morgan fingerprint density at radius 3 is 2.35 bits per heavy atom. The first-order chi connectivity index (χ1) is 7.73. The van der Waals surface area contributed by atoms with Crippen LogP contribution in [0.4, 0.5) is 13.2 Å². The Morgan fingerprint density at radius 2 is 1.94 bits per heavy atom. The second kappa shape index (κ2) is 3.94. The molecule has 2 rings (SSSR count). The first-order valence-corrected chi connectivity index (χ1v) is 7.03. The van der Waals surface area contributed by atoms with E-state index in [0.29, 0.717) is 19.0 Å². The fourth-order valence-corrected chi connectivity index (χ4v) is 3.95. The molecule has 0 N–H and O–H groups in total. The smallest absolute Gasteiger partial charge is 0.243 e. The first kappa shape index (κ1) is 12.8. The SMILES string of the molecule is O=S(=O)(c1ncc(C(F)(F)F)cc1Br)C1CC1. The summed E-state index contributed by atoms with van der Waals surface area (Å²) in [5.74, 6) is 0. The third kappa shape index (κ3) is 2.47. The fourth-order valence-electron chi connectivity index (χ4n) is 1.33. The van der Waals surface area contributed by atoms with Gasteiger partial charge in [0.15, 0.2) is 14.9 Å². The number of pyridine rings is 1. The van der Waals surface area contributed by atoms with Crippen molar-refractivity contribution < 1.29 is 21.6 Å². The number of alkyl halides is 3. The lowest BCUT2D eigenvalue weighted by Gasteiger charge is -2.09. The van der Waals surface area contributed by atoms with Gasteiger partial charge in [0, 0.05) is 6.20 Å². The van der Waals surface area contributed by atoms with E-state index < -0.39 is 26.8 Å². The van der Waals surface area contributed by atoms with Crippen molar-refractivity contribution in [2.75, 3.05) is 0 Å². The van der Waals surface area contributed by atoms with Crippen LogP contribution in [0.25, 0.3) is 0 Å². The van der Waals surface area contributed by atoms with Gasteiger partial charge in [-0.2, -0.15) is 13.2 Å². The van der Waals surface area contributed by atoms with Crippen LogP contribution in [-0.4, -0.2) is 18.7 Å². The zero-order chi connectivity index (χ0) is 12.8. The molecule has 0 spiro atoms. The van der Waals surface area contributed by atoms with Crippen LogP contribution in [0.3, 0.4) is 0 Å². The van der Waals surface area contributed by atoms with E-state index in [1.807, 2.05) is 0 Å². The minimum atomic E-state index is -4.53. The van der Waals surface area contributed by atoms with Gasteiger partial charge in [-0.1, -0.05) is 0 Å². The van der Waals surface area contributed by atoms with E-state index in [9.17, 15) is 21.6 Å². The Kier molecular flexibility index (Phi) is 2.97. The average Bonchev–Trinajstić information content (AvgIpc) is 2.98. The number of hydrogen-bond donors (Lipinski definition) is 0. The maximum Gasteiger partial charge on any atom is 0.417 e. The average molecular weight is 330 g/mol. The van der Waals surface area contributed by atoms with Crippen LogP contribution in [0.5, 0.6) is 0 Å². The van der Waals surface area contributed by atoms with E-state index in [2.05, 4.69) is 20.9 Å². The molecule has 0 aromatic carbocycles. The topological polar surface area (TPSA) is 47.0 Å². The summed E-state index contributed by atoms with van der Waals surface area (Å²) in [6.07, 6.45) is -2.91. The Balaban J connectivity index is 2.46. The number of aromatic nitrogens is 1. The summed E-state index contributed by atoms with van der Waals surface area (Å²) >= 11 is 2.83. The summed E-state index contributed by atoms with van der Waals surface area (Å²) in [6, 6.07) is 0.738. The molecule has 0 bridgehead atoms. The molecule has 3 nitrogen and oxygen atoms in total. The van der Waals surface area contributed by atoms with Gasteiger partial charge in [-0.05, 0) is 34.8 Å². The fraction of sp³-hybridized carbons (Fsp3) is 0.444. The maximum atomic E-state index is 12.4. The number of halogens is 4. The van der Waals surface area contributed by atoms with E-state index in [0.717, 1.165) is 6.07 Å². The van der Waals surface area contributed by atoms with Crippen molar-refractivity contribution in [1.82, 2.24) is 4.98 Å². The van der Waals surface area contributed by atoms with E-state index >= 15 is 0 Å². The molecule has 0 atom stereocenters. The summed E-state index contributed by atoms with van der Waals surface area (Å²) in [5.41, 5.74) is -0.973. The highest BCUT2D eigenvalue weighted by Gasteiger charge is 2.40. The molecule has 1 heterocycles. The molecule has 0 radical (unpaired) electrons. The van der Waals surface area contributed by atoms with E-state index in [-0.39, 0.29) is 9.50 Å². The number of sulfone groups is 1. The summed E-state index contributed by atoms with van der Waals surface area (Å²) in [4.78, 5) is 3.42. The predicted octanol–water partition coefficient (Wildman–Crippen LogP) is 2.80. The zero-order valence-corrected chi connectivity index (χ0v) is 10.7. The highest BCUT2D eigenvalue weighted by molar-refractivity contribution is 9.10. The van der Waals surface area contributed by atoms with Gasteiger partial charge in [0.05, 0.1) is 15.3 Å². The van der Waals surface area contributed by atoms with Gasteiger partial charge in [-0.15, -0.1) is 0 Å². The van der Waals surface area contributed by atoms with Crippen LogP contribution in [0.15, 0.2) is 21.8 Å². The summed E-state index contributed by atoms with van der Waals surface area (Å²) in [6.45, 7) is 0. The molecule has 0 saturated heterocycles. The standard InChI is InChI=1S/C9H7BrF3NO2S/c10-7-3-5(9(11,12)13)4-14-8(7)17(15,16)6-1-2-6/h3-4,6H,1-2H2. The largest absolute Gasteiger partial charge is 0.417 e. The zero-order valence-electron chi connectivity index (χ0n) is 8.33. The van der Waals surface area contributed by atoms with Crippen LogP contribution in [0.1, 0.15) is 18.4 Å². The lowest BCUT2D eigenvalue weighted by molar-refractivity contribution is -0.137. The Bertz CT molecular complexity index is 552. The molecule has 1 fully saturated rings. The van der Waals surface area contributed by atoms with Gasteiger partial charge < -0.3 is 0 Å². The molecule has 17 heavy (non-hydrogen) atoms. The van der Waals surface area contributed by atoms with Crippen LogP contribution in [0.2, 0.25) is 0 Å². The minimum Gasteiger partial charge on any atom is -0.243 e. The Hall–Kier alpha value is -0.630. The van der Waals surface area contributed by atoms with E-state index in [4.69, 9.17) is 0 Å². The van der Waals surface area contributed by atoms with Gasteiger partial charge in [0.1, 0.15) is 0 Å². The normalized spacial score (nSPS) is 17.2. The molecular formula is C9H7BrF3NO2S. The lowest BCUT2D eigenvalue weighted by atomic mass is 10.3. The molecule has 0 amide bonds. The second-order valence-electron chi connectivity index (χ2n) is 3.75. The third-order valence-corrected chi connectivity index (χ3v) is 5.45. The van der Waals surface area contributed by atoms with Crippen LogP contribution < -0.4 is 0 Å². The molecule has 1 aliphatic carbocycles. The summed E-state index contributed by atoms with van der Waals surface area (Å²) in [5, 5.41) is -0.809. The monoisotopic (exact) mass is 329 g/mol. The van der Waals surface area contributed by atoms with Crippen molar-refractivity contribution in [1.29, 1.82) is 0 Å². The highest BCUT2D eigenvalue weighted by atomic mass is 79.9. The van der Waals surface area contributed by atoms with Crippen LogP contribution >= 0.6 is 15.9 Å². The Labute approximate surface area is 104 Å². The molecule has 1 aliphatic rings.